The van der Waals surface area contributed by atoms with Crippen LogP contribution in [-0.4, -0.2) is 81.0 Å². The maximum Gasteiger partial charge on any atom is 0.232 e. The van der Waals surface area contributed by atoms with Crippen LogP contribution in [0.5, 0.6) is 0 Å². The van der Waals surface area contributed by atoms with Gasteiger partial charge in [0.05, 0.1) is 5.52 Å². The van der Waals surface area contributed by atoms with Crippen molar-refractivity contribution >= 4 is 72.3 Å². The Morgan fingerprint density at radius 3 is 2.49 bits per heavy atom. The SMILES string of the molecule is CC(=O)N1CCN(c2nc(NCCNc3ncnc4c(Br)cc(Br)cc34)nc(NC3CC3)n2)CC1. The summed E-state index contributed by atoms with van der Waals surface area (Å²) in [6, 6.07) is 4.39. The van der Waals surface area contributed by atoms with Crippen molar-refractivity contribution < 1.29 is 4.79 Å². The fourth-order valence-corrected chi connectivity index (χ4v) is 5.20. The lowest BCUT2D eigenvalue weighted by Gasteiger charge is -2.34. The molecule has 1 saturated carbocycles. The second-order valence-corrected chi connectivity index (χ2v) is 10.3. The Morgan fingerprint density at radius 2 is 1.74 bits per heavy atom. The molecule has 184 valence electrons. The van der Waals surface area contributed by atoms with Crippen LogP contribution < -0.4 is 20.9 Å². The number of halogens is 2. The van der Waals surface area contributed by atoms with Crippen LogP contribution >= 0.6 is 31.9 Å². The molecule has 35 heavy (non-hydrogen) atoms. The highest BCUT2D eigenvalue weighted by molar-refractivity contribution is 9.11. The van der Waals surface area contributed by atoms with Crippen molar-refractivity contribution in [2.75, 3.05) is 60.1 Å². The Kier molecular flexibility index (Phi) is 7.14. The Morgan fingerprint density at radius 1 is 1.00 bits per heavy atom. The van der Waals surface area contributed by atoms with Crippen molar-refractivity contribution in [3.63, 3.8) is 0 Å². The fourth-order valence-electron chi connectivity index (χ4n) is 3.87. The smallest absolute Gasteiger partial charge is 0.232 e. The molecular formula is C22H26Br2N10O. The lowest BCUT2D eigenvalue weighted by molar-refractivity contribution is -0.129. The van der Waals surface area contributed by atoms with Crippen molar-refractivity contribution in [1.29, 1.82) is 0 Å². The van der Waals surface area contributed by atoms with Gasteiger partial charge in [0.1, 0.15) is 12.1 Å². The van der Waals surface area contributed by atoms with Crippen molar-refractivity contribution in [2.45, 2.75) is 25.8 Å². The van der Waals surface area contributed by atoms with E-state index < -0.39 is 0 Å². The van der Waals surface area contributed by atoms with Gasteiger partial charge in [0, 0.05) is 66.6 Å². The summed E-state index contributed by atoms with van der Waals surface area (Å²) in [5, 5.41) is 11.0. The van der Waals surface area contributed by atoms with Gasteiger partial charge < -0.3 is 25.8 Å². The van der Waals surface area contributed by atoms with Gasteiger partial charge in [-0.15, -0.1) is 0 Å². The van der Waals surface area contributed by atoms with Crippen molar-refractivity contribution in [2.24, 2.45) is 0 Å². The summed E-state index contributed by atoms with van der Waals surface area (Å²) in [6.07, 6.45) is 3.81. The maximum absolute atomic E-state index is 11.7. The Balaban J connectivity index is 1.25. The molecule has 11 nitrogen and oxygen atoms in total. The van der Waals surface area contributed by atoms with Crippen LogP contribution in [0.4, 0.5) is 23.7 Å². The number of hydrogen-bond acceptors (Lipinski definition) is 10. The Labute approximate surface area is 219 Å². The normalized spacial score (nSPS) is 15.9. The number of aromatic nitrogens is 5. The first kappa shape index (κ1) is 23.9. The highest BCUT2D eigenvalue weighted by atomic mass is 79.9. The number of carbonyl (C=O) groups is 1. The van der Waals surface area contributed by atoms with Crippen LogP contribution in [0.15, 0.2) is 27.4 Å². The average molecular weight is 606 g/mol. The molecule has 13 heteroatoms. The number of rotatable bonds is 8. The molecule has 2 aromatic heterocycles. The summed E-state index contributed by atoms with van der Waals surface area (Å²) in [5.41, 5.74) is 0.849. The molecule has 5 rings (SSSR count). The van der Waals surface area contributed by atoms with Gasteiger partial charge in [0.15, 0.2) is 0 Å². The molecule has 0 unspecified atom stereocenters. The zero-order valence-corrected chi connectivity index (χ0v) is 22.4. The maximum atomic E-state index is 11.7. The molecule has 2 aliphatic rings. The third-order valence-electron chi connectivity index (χ3n) is 5.90. The van der Waals surface area contributed by atoms with Crippen LogP contribution in [0, 0.1) is 0 Å². The molecule has 1 amide bonds. The van der Waals surface area contributed by atoms with E-state index in [1.54, 1.807) is 13.3 Å². The largest absolute Gasteiger partial charge is 0.368 e. The fraction of sp³-hybridized carbons (Fsp3) is 0.455. The summed E-state index contributed by atoms with van der Waals surface area (Å²) in [5.74, 6) is 2.58. The first-order valence-electron chi connectivity index (χ1n) is 11.6. The number of amides is 1. The molecule has 0 bridgehead atoms. The number of nitrogens with one attached hydrogen (secondary N) is 3. The van der Waals surface area contributed by atoms with Gasteiger partial charge in [-0.1, -0.05) is 15.9 Å². The van der Waals surface area contributed by atoms with E-state index in [1.165, 1.54) is 0 Å². The third kappa shape index (κ3) is 5.89. The highest BCUT2D eigenvalue weighted by Gasteiger charge is 2.25. The molecule has 3 N–H and O–H groups in total. The van der Waals surface area contributed by atoms with Crippen LogP contribution in [-0.2, 0) is 4.79 Å². The number of carbonyl (C=O) groups excluding carboxylic acids is 1. The lowest BCUT2D eigenvalue weighted by Crippen LogP contribution is -2.48. The molecule has 1 aliphatic carbocycles. The highest BCUT2D eigenvalue weighted by Crippen LogP contribution is 2.30. The summed E-state index contributed by atoms with van der Waals surface area (Å²) in [7, 11) is 0. The first-order valence-corrected chi connectivity index (χ1v) is 13.2. The summed E-state index contributed by atoms with van der Waals surface area (Å²) in [6.45, 7) is 5.52. The topological polar surface area (TPSA) is 124 Å². The van der Waals surface area contributed by atoms with E-state index in [4.69, 9.17) is 0 Å². The van der Waals surface area contributed by atoms with Gasteiger partial charge in [-0.2, -0.15) is 15.0 Å². The number of fused-ring (bicyclic) bond motifs is 1. The molecule has 1 aliphatic heterocycles. The van der Waals surface area contributed by atoms with Crippen molar-refractivity contribution in [3.8, 4) is 0 Å². The minimum absolute atomic E-state index is 0.0995. The molecule has 2 fully saturated rings. The van der Waals surface area contributed by atoms with E-state index in [0.29, 0.717) is 63.2 Å². The van der Waals surface area contributed by atoms with E-state index in [1.807, 2.05) is 17.0 Å². The van der Waals surface area contributed by atoms with E-state index in [9.17, 15) is 4.79 Å². The predicted molar refractivity (Wildman–Crippen MR) is 143 cm³/mol. The number of hydrogen-bond donors (Lipinski definition) is 3. The van der Waals surface area contributed by atoms with Crippen LogP contribution in [0.25, 0.3) is 10.9 Å². The second kappa shape index (κ2) is 10.4. The molecule has 1 aromatic carbocycles. The number of anilines is 4. The number of nitrogens with zero attached hydrogens (tertiary/aromatic N) is 7. The molecule has 0 radical (unpaired) electrons. The number of piperazine rings is 1. The minimum atomic E-state index is 0.0995. The quantitative estimate of drug-likeness (QED) is 0.330. The molecule has 3 aromatic rings. The predicted octanol–water partition coefficient (Wildman–Crippen LogP) is 3.11. The van der Waals surface area contributed by atoms with Crippen molar-refractivity contribution in [1.82, 2.24) is 29.8 Å². The second-order valence-electron chi connectivity index (χ2n) is 8.55. The van der Waals surface area contributed by atoms with Gasteiger partial charge in [-0.05, 0) is 40.9 Å². The van der Waals surface area contributed by atoms with E-state index in [2.05, 4.69) is 77.6 Å². The molecule has 3 heterocycles. The molecular weight excluding hydrogens is 580 g/mol. The minimum Gasteiger partial charge on any atom is -0.368 e. The lowest BCUT2D eigenvalue weighted by atomic mass is 10.2. The Hall–Kier alpha value is -2.80. The van der Waals surface area contributed by atoms with Gasteiger partial charge in [-0.3, -0.25) is 4.79 Å². The summed E-state index contributed by atoms with van der Waals surface area (Å²) in [4.78, 5) is 38.2. The van der Waals surface area contributed by atoms with Gasteiger partial charge in [-0.25, -0.2) is 9.97 Å². The van der Waals surface area contributed by atoms with Gasteiger partial charge in [0.2, 0.25) is 23.8 Å². The summed E-state index contributed by atoms with van der Waals surface area (Å²) >= 11 is 7.09. The standard InChI is InChI=1S/C22H26Br2N10O/c1-13(35)33-6-8-34(9-7-33)22-31-20(30-21(32-22)29-15-2-3-15)26-5-4-25-19-16-10-14(23)11-17(24)18(16)27-12-28-19/h10-12,15H,2-9H2,1H3,(H,25,27,28)(H2,26,29,30,31,32). The van der Waals surface area contributed by atoms with E-state index in [0.717, 1.165) is 38.5 Å². The molecule has 0 spiro atoms. The third-order valence-corrected chi connectivity index (χ3v) is 6.96. The first-order chi connectivity index (χ1) is 17.0. The van der Waals surface area contributed by atoms with E-state index >= 15 is 0 Å². The molecule has 0 atom stereocenters. The zero-order chi connectivity index (χ0) is 24.4. The average Bonchev–Trinajstić information content (AvgIpc) is 3.66. The monoisotopic (exact) mass is 604 g/mol. The van der Waals surface area contributed by atoms with Crippen LogP contribution in [0.2, 0.25) is 0 Å². The summed E-state index contributed by atoms with van der Waals surface area (Å²) < 4.78 is 1.85. The zero-order valence-electron chi connectivity index (χ0n) is 19.3. The van der Waals surface area contributed by atoms with Gasteiger partial charge in [0.25, 0.3) is 0 Å². The van der Waals surface area contributed by atoms with Gasteiger partial charge >= 0.3 is 0 Å². The number of benzene rings is 1. The van der Waals surface area contributed by atoms with Crippen LogP contribution in [0.3, 0.4) is 0 Å². The molecule has 1 saturated heterocycles. The van der Waals surface area contributed by atoms with E-state index in [-0.39, 0.29) is 5.91 Å². The van der Waals surface area contributed by atoms with Crippen LogP contribution in [0.1, 0.15) is 19.8 Å². The van der Waals surface area contributed by atoms with Crippen molar-refractivity contribution in [3.05, 3.63) is 27.4 Å². The Bertz CT molecular complexity index is 1230.